The van der Waals surface area contributed by atoms with Gasteiger partial charge in [-0.05, 0) is 57.4 Å². The number of ether oxygens (including phenoxy) is 1. The van der Waals surface area contributed by atoms with Gasteiger partial charge < -0.3 is 4.74 Å². The van der Waals surface area contributed by atoms with Crippen LogP contribution in [0, 0.1) is 5.82 Å². The molecular weight excluding hydrogens is 443 g/mol. The highest BCUT2D eigenvalue weighted by Gasteiger charge is 2.14. The topological polar surface area (TPSA) is 9.23 Å². The van der Waals surface area contributed by atoms with Gasteiger partial charge in [0.1, 0.15) is 11.6 Å². The summed E-state index contributed by atoms with van der Waals surface area (Å²) in [6, 6.07) is 10.6. The van der Waals surface area contributed by atoms with Crippen molar-refractivity contribution in [3.63, 3.8) is 0 Å². The summed E-state index contributed by atoms with van der Waals surface area (Å²) in [6.07, 6.45) is 0. The molecule has 0 spiro atoms. The molecule has 0 saturated carbocycles. The van der Waals surface area contributed by atoms with Crippen molar-refractivity contribution in [3.8, 4) is 5.75 Å². The molecule has 0 radical (unpaired) electrons. The van der Waals surface area contributed by atoms with Crippen LogP contribution in [-0.4, -0.2) is 7.11 Å². The lowest BCUT2D eigenvalue weighted by atomic mass is 10.0. The second-order valence-corrected chi connectivity index (χ2v) is 6.65. The molecule has 0 fully saturated rings. The van der Waals surface area contributed by atoms with Gasteiger partial charge in [-0.2, -0.15) is 0 Å². The monoisotopic (exact) mass is 450 g/mol. The maximum Gasteiger partial charge on any atom is 0.133 e. The first-order valence-corrected chi connectivity index (χ1v) is 7.95. The van der Waals surface area contributed by atoms with Gasteiger partial charge >= 0.3 is 0 Å². The number of methoxy groups -OCH3 is 1. The summed E-state index contributed by atoms with van der Waals surface area (Å²) >= 11 is 10.3. The zero-order valence-electron chi connectivity index (χ0n) is 9.96. The molecule has 0 aliphatic heterocycles. The minimum atomic E-state index is -0.263. The predicted molar refractivity (Wildman–Crippen MR) is 85.6 cm³/mol. The Kier molecular flexibility index (Phi) is 5.03. The van der Waals surface area contributed by atoms with Crippen LogP contribution >= 0.6 is 47.8 Å². The molecule has 0 aliphatic carbocycles. The van der Waals surface area contributed by atoms with Gasteiger partial charge in [0.15, 0.2) is 0 Å². The smallest absolute Gasteiger partial charge is 0.133 e. The van der Waals surface area contributed by atoms with E-state index in [1.807, 2.05) is 24.3 Å². The summed E-state index contributed by atoms with van der Waals surface area (Å²) < 4.78 is 20.2. The van der Waals surface area contributed by atoms with Gasteiger partial charge in [0, 0.05) is 4.47 Å². The molecule has 1 nitrogen and oxygen atoms in total. The average molecular weight is 453 g/mol. The Morgan fingerprint density at radius 1 is 1.05 bits per heavy atom. The summed E-state index contributed by atoms with van der Waals surface area (Å²) in [6.45, 7) is 0. The van der Waals surface area contributed by atoms with Gasteiger partial charge in [0.25, 0.3) is 0 Å². The van der Waals surface area contributed by atoms with Crippen molar-refractivity contribution in [2.24, 2.45) is 0 Å². The molecule has 1 atom stereocenters. The Morgan fingerprint density at radius 3 is 2.37 bits per heavy atom. The molecule has 5 heteroatoms. The van der Waals surface area contributed by atoms with Gasteiger partial charge in [0.2, 0.25) is 0 Å². The summed E-state index contributed by atoms with van der Waals surface area (Å²) in [5.74, 6) is 0.505. The average Bonchev–Trinajstić information content (AvgIpc) is 2.36. The SMILES string of the molecule is COc1ccc(C(Br)c2cc(F)cc(Br)c2)cc1Br. The molecule has 0 aromatic heterocycles. The zero-order valence-corrected chi connectivity index (χ0v) is 14.7. The first-order valence-electron chi connectivity index (χ1n) is 5.44. The molecule has 2 aromatic rings. The number of hydrogen-bond acceptors (Lipinski definition) is 1. The van der Waals surface area contributed by atoms with E-state index in [0.29, 0.717) is 0 Å². The minimum Gasteiger partial charge on any atom is -0.496 e. The highest BCUT2D eigenvalue weighted by atomic mass is 79.9. The molecule has 100 valence electrons. The molecular formula is C14H10Br3FO. The van der Waals surface area contributed by atoms with E-state index in [1.165, 1.54) is 12.1 Å². The number of alkyl halides is 1. The summed E-state index contributed by atoms with van der Waals surface area (Å²) in [4.78, 5) is -0.0818. The van der Waals surface area contributed by atoms with Crippen molar-refractivity contribution < 1.29 is 9.13 Å². The van der Waals surface area contributed by atoms with Crippen molar-refractivity contribution in [3.05, 3.63) is 62.3 Å². The van der Waals surface area contributed by atoms with Crippen molar-refractivity contribution in [2.75, 3.05) is 7.11 Å². The van der Waals surface area contributed by atoms with E-state index in [9.17, 15) is 4.39 Å². The lowest BCUT2D eigenvalue weighted by Crippen LogP contribution is -1.95. The lowest BCUT2D eigenvalue weighted by molar-refractivity contribution is 0.412. The van der Waals surface area contributed by atoms with Crippen LogP contribution in [0.2, 0.25) is 0 Å². The second kappa shape index (κ2) is 6.37. The summed E-state index contributed by atoms with van der Waals surface area (Å²) in [7, 11) is 1.62. The Hall–Kier alpha value is -0.390. The highest BCUT2D eigenvalue weighted by Crippen LogP contribution is 2.36. The Morgan fingerprint density at radius 2 is 1.79 bits per heavy atom. The Labute approximate surface area is 136 Å². The first kappa shape index (κ1) is 15.0. The standard InChI is InChI=1S/C14H10Br3FO/c1-19-13-3-2-8(6-12(13)16)14(17)9-4-10(15)7-11(18)5-9/h2-7,14H,1H3. The van der Waals surface area contributed by atoms with Crippen LogP contribution in [0.5, 0.6) is 5.75 Å². The number of rotatable bonds is 3. The Balaban J connectivity index is 2.38. The number of hydrogen-bond donors (Lipinski definition) is 0. The molecule has 0 N–H and O–H groups in total. The fourth-order valence-electron chi connectivity index (χ4n) is 1.75. The van der Waals surface area contributed by atoms with Crippen LogP contribution in [-0.2, 0) is 0 Å². The molecule has 0 heterocycles. The second-order valence-electron chi connectivity index (χ2n) is 3.96. The van der Waals surface area contributed by atoms with E-state index in [-0.39, 0.29) is 10.6 Å². The molecule has 0 bridgehead atoms. The third-order valence-electron chi connectivity index (χ3n) is 2.65. The van der Waals surface area contributed by atoms with Gasteiger partial charge in [-0.25, -0.2) is 4.39 Å². The molecule has 0 amide bonds. The molecule has 0 saturated heterocycles. The van der Waals surface area contributed by atoms with E-state index >= 15 is 0 Å². The largest absolute Gasteiger partial charge is 0.496 e. The summed E-state index contributed by atoms with van der Waals surface area (Å²) in [5, 5.41) is 0. The lowest BCUT2D eigenvalue weighted by Gasteiger charge is -2.13. The number of halogens is 4. The number of benzene rings is 2. The van der Waals surface area contributed by atoms with Gasteiger partial charge in [-0.15, -0.1) is 0 Å². The maximum atomic E-state index is 13.4. The molecule has 19 heavy (non-hydrogen) atoms. The van der Waals surface area contributed by atoms with E-state index in [0.717, 1.165) is 25.8 Å². The van der Waals surface area contributed by atoms with Gasteiger partial charge in [0.05, 0.1) is 16.4 Å². The zero-order chi connectivity index (χ0) is 14.0. The van der Waals surface area contributed by atoms with Crippen molar-refractivity contribution in [2.45, 2.75) is 4.83 Å². The minimum absolute atomic E-state index is 0.0818. The van der Waals surface area contributed by atoms with E-state index in [2.05, 4.69) is 47.8 Å². The molecule has 0 aliphatic rings. The highest BCUT2D eigenvalue weighted by molar-refractivity contribution is 9.11. The quantitative estimate of drug-likeness (QED) is 0.531. The Bertz CT molecular complexity index is 581. The third-order valence-corrected chi connectivity index (χ3v) is 4.78. The van der Waals surface area contributed by atoms with Crippen LogP contribution < -0.4 is 4.74 Å². The van der Waals surface area contributed by atoms with Crippen LogP contribution in [0.4, 0.5) is 4.39 Å². The van der Waals surface area contributed by atoms with Crippen LogP contribution in [0.15, 0.2) is 45.3 Å². The van der Waals surface area contributed by atoms with E-state index < -0.39 is 0 Å². The van der Waals surface area contributed by atoms with Crippen LogP contribution in [0.1, 0.15) is 16.0 Å². The summed E-state index contributed by atoms with van der Waals surface area (Å²) in [5.41, 5.74) is 1.87. The molecule has 2 rings (SSSR count). The van der Waals surface area contributed by atoms with E-state index in [1.54, 1.807) is 7.11 Å². The van der Waals surface area contributed by atoms with Crippen molar-refractivity contribution >= 4 is 47.8 Å². The van der Waals surface area contributed by atoms with Crippen LogP contribution in [0.25, 0.3) is 0 Å². The predicted octanol–water partition coefficient (Wildman–Crippen LogP) is 5.84. The van der Waals surface area contributed by atoms with Crippen molar-refractivity contribution in [1.82, 2.24) is 0 Å². The van der Waals surface area contributed by atoms with Crippen LogP contribution in [0.3, 0.4) is 0 Å². The van der Waals surface area contributed by atoms with Gasteiger partial charge in [-0.3, -0.25) is 0 Å². The third kappa shape index (κ3) is 3.58. The molecule has 2 aromatic carbocycles. The van der Waals surface area contributed by atoms with Gasteiger partial charge in [-0.1, -0.05) is 37.9 Å². The fraction of sp³-hybridized carbons (Fsp3) is 0.143. The molecule has 1 unspecified atom stereocenters. The van der Waals surface area contributed by atoms with E-state index in [4.69, 9.17) is 4.74 Å². The maximum absolute atomic E-state index is 13.4. The fourth-order valence-corrected chi connectivity index (χ4v) is 3.34. The van der Waals surface area contributed by atoms with Crippen molar-refractivity contribution in [1.29, 1.82) is 0 Å². The first-order chi connectivity index (χ1) is 9.01. The normalized spacial score (nSPS) is 12.3.